The van der Waals surface area contributed by atoms with E-state index in [4.69, 9.17) is 36.4 Å². The molecule has 0 amide bonds. The minimum Gasteiger partial charge on any atom is -0.473 e. The second kappa shape index (κ2) is 10.0. The van der Waals surface area contributed by atoms with Crippen molar-refractivity contribution in [1.29, 1.82) is 0 Å². The van der Waals surface area contributed by atoms with E-state index in [1.807, 2.05) is 6.07 Å². The van der Waals surface area contributed by atoms with Gasteiger partial charge in [0.05, 0.1) is 12.3 Å². The summed E-state index contributed by atoms with van der Waals surface area (Å²) in [6, 6.07) is 14.8. The Morgan fingerprint density at radius 2 is 1.61 bits per heavy atom. The average Bonchev–Trinajstić information content (AvgIpc) is 2.79. The Kier molecular flexibility index (Phi) is 7.72. The summed E-state index contributed by atoms with van der Waals surface area (Å²) < 4.78 is 0. The van der Waals surface area contributed by atoms with Crippen LogP contribution in [0.1, 0.15) is 22.3 Å². The van der Waals surface area contributed by atoms with Gasteiger partial charge in [-0.1, -0.05) is 41.9 Å². The topological polar surface area (TPSA) is 90.2 Å². The van der Waals surface area contributed by atoms with E-state index < -0.39 is 11.9 Å². The summed E-state index contributed by atoms with van der Waals surface area (Å²) in [6.07, 6.45) is 2.09. The van der Waals surface area contributed by atoms with E-state index in [1.165, 1.54) is 22.3 Å². The molecule has 0 heterocycles. The predicted octanol–water partition coefficient (Wildman–Crippen LogP) is 2.99. The van der Waals surface area contributed by atoms with Gasteiger partial charge in [-0.2, -0.15) is 0 Å². The number of hydrogen-bond donors (Lipinski definition) is 2. The molecular formula is C21H23ClN2O4. The highest BCUT2D eigenvalue weighted by Gasteiger charge is 2.19. The number of aliphatic imine (C=N–C) groups is 1. The maximum absolute atomic E-state index is 9.10. The largest absolute Gasteiger partial charge is 0.473 e. The fourth-order valence-corrected chi connectivity index (χ4v) is 3.08. The predicted molar refractivity (Wildman–Crippen MR) is 110 cm³/mol. The number of carbonyl (C=O) groups is 2. The molecule has 2 N–H and O–H groups in total. The van der Waals surface area contributed by atoms with Crippen LogP contribution >= 0.6 is 11.6 Å². The molecule has 28 heavy (non-hydrogen) atoms. The molecule has 0 radical (unpaired) electrons. The summed E-state index contributed by atoms with van der Waals surface area (Å²) in [5, 5.41) is 15.6. The van der Waals surface area contributed by atoms with Crippen molar-refractivity contribution in [3.8, 4) is 0 Å². The van der Waals surface area contributed by atoms with Crippen molar-refractivity contribution in [2.45, 2.75) is 12.8 Å². The minimum absolute atomic E-state index is 0.776. The van der Waals surface area contributed by atoms with Gasteiger partial charge in [0, 0.05) is 22.7 Å². The van der Waals surface area contributed by atoms with Gasteiger partial charge in [0.15, 0.2) is 0 Å². The lowest BCUT2D eigenvalue weighted by atomic mass is 9.98. The summed E-state index contributed by atoms with van der Waals surface area (Å²) in [5.41, 5.74) is 6.24. The quantitative estimate of drug-likeness (QED) is 0.770. The first-order chi connectivity index (χ1) is 13.3. The average molecular weight is 403 g/mol. The molecule has 6 nitrogen and oxygen atoms in total. The molecule has 0 saturated carbocycles. The number of aryl methyl sites for hydroxylation is 2. The molecule has 1 aliphatic rings. The molecule has 0 aromatic heterocycles. The fourth-order valence-electron chi connectivity index (χ4n) is 2.90. The van der Waals surface area contributed by atoms with Gasteiger partial charge in [0.25, 0.3) is 0 Å². The molecule has 0 fully saturated rings. The highest BCUT2D eigenvalue weighted by molar-refractivity contribution is 6.31. The van der Waals surface area contributed by atoms with Gasteiger partial charge in [-0.15, -0.1) is 0 Å². The number of fused-ring (bicyclic) bond motifs is 2. The molecule has 0 bridgehead atoms. The normalized spacial score (nSPS) is 13.8. The van der Waals surface area contributed by atoms with Crippen molar-refractivity contribution in [3.63, 3.8) is 0 Å². The number of benzene rings is 2. The molecule has 0 aliphatic heterocycles. The van der Waals surface area contributed by atoms with Gasteiger partial charge in [0.2, 0.25) is 0 Å². The first-order valence-corrected chi connectivity index (χ1v) is 9.20. The Balaban J connectivity index is 0.000000409. The van der Waals surface area contributed by atoms with Crippen LogP contribution in [0.3, 0.4) is 0 Å². The second-order valence-electron chi connectivity index (χ2n) is 6.60. The Bertz CT molecular complexity index is 882. The molecule has 1 aliphatic carbocycles. The number of hydrogen-bond acceptors (Lipinski definition) is 4. The molecule has 148 valence electrons. The zero-order chi connectivity index (χ0) is 20.7. The summed E-state index contributed by atoms with van der Waals surface area (Å²) in [4.78, 5) is 25.3. The van der Waals surface area contributed by atoms with Crippen LogP contribution in [0.5, 0.6) is 0 Å². The molecular weight excluding hydrogens is 380 g/mol. The SMILES string of the molecule is CN(C)CC/N=C1/c2ccccc2CCc2ccc(Cl)cc21.O=C(O)C(=O)O. The molecule has 0 unspecified atom stereocenters. The van der Waals surface area contributed by atoms with Crippen molar-refractivity contribution in [1.82, 2.24) is 4.90 Å². The number of rotatable bonds is 3. The van der Waals surface area contributed by atoms with Crippen LogP contribution in [0, 0.1) is 0 Å². The van der Waals surface area contributed by atoms with Gasteiger partial charge in [-0.25, -0.2) is 9.59 Å². The minimum atomic E-state index is -1.82. The Morgan fingerprint density at radius 1 is 1.00 bits per heavy atom. The highest BCUT2D eigenvalue weighted by Crippen LogP contribution is 2.27. The van der Waals surface area contributed by atoms with E-state index in [9.17, 15) is 0 Å². The summed E-state index contributed by atoms with van der Waals surface area (Å²) in [7, 11) is 4.15. The molecule has 7 heteroatoms. The van der Waals surface area contributed by atoms with Crippen LogP contribution < -0.4 is 0 Å². The summed E-state index contributed by atoms with van der Waals surface area (Å²) >= 11 is 6.24. The maximum Gasteiger partial charge on any atom is 0.414 e. The van der Waals surface area contributed by atoms with Crippen molar-refractivity contribution in [2.75, 3.05) is 27.2 Å². The summed E-state index contributed by atoms with van der Waals surface area (Å²) in [5.74, 6) is -3.65. The highest BCUT2D eigenvalue weighted by atomic mass is 35.5. The third-order valence-corrected chi connectivity index (χ3v) is 4.50. The van der Waals surface area contributed by atoms with Crippen LogP contribution in [0.25, 0.3) is 0 Å². The van der Waals surface area contributed by atoms with Crippen molar-refractivity contribution < 1.29 is 19.8 Å². The molecule has 3 rings (SSSR count). The number of carboxylic acid groups (broad SMARTS) is 2. The van der Waals surface area contributed by atoms with Crippen molar-refractivity contribution in [2.24, 2.45) is 4.99 Å². The Morgan fingerprint density at radius 3 is 2.21 bits per heavy atom. The number of likely N-dealkylation sites (N-methyl/N-ethyl adjacent to an activating group) is 1. The third kappa shape index (κ3) is 5.90. The summed E-state index contributed by atoms with van der Waals surface area (Å²) in [6.45, 7) is 1.74. The van der Waals surface area contributed by atoms with E-state index in [-0.39, 0.29) is 0 Å². The second-order valence-corrected chi connectivity index (χ2v) is 7.04. The first-order valence-electron chi connectivity index (χ1n) is 8.82. The number of aliphatic carboxylic acids is 2. The molecule has 0 atom stereocenters. The lowest BCUT2D eigenvalue weighted by Crippen LogP contribution is -2.17. The van der Waals surface area contributed by atoms with E-state index in [0.717, 1.165) is 36.7 Å². The lowest BCUT2D eigenvalue weighted by molar-refractivity contribution is -0.159. The van der Waals surface area contributed by atoms with E-state index in [2.05, 4.69) is 55.4 Å². The Hall–Kier alpha value is -2.70. The van der Waals surface area contributed by atoms with Crippen LogP contribution in [-0.2, 0) is 22.4 Å². The van der Waals surface area contributed by atoms with Crippen molar-refractivity contribution in [3.05, 3.63) is 69.7 Å². The maximum atomic E-state index is 9.10. The molecule has 0 spiro atoms. The van der Waals surface area contributed by atoms with Gasteiger partial charge < -0.3 is 15.1 Å². The van der Waals surface area contributed by atoms with Crippen LogP contribution in [0.4, 0.5) is 0 Å². The van der Waals surface area contributed by atoms with E-state index in [0.29, 0.717) is 0 Å². The lowest BCUT2D eigenvalue weighted by Gasteiger charge is -2.13. The standard InChI is InChI=1S/C19H21ClN2.C2H2O4/c1-22(2)12-11-21-19-17-6-4-3-5-14(17)7-8-15-9-10-16(20)13-18(15)19;3-1(4)2(5)6/h3-6,9-10,13H,7-8,11-12H2,1-2H3;(H,3,4)(H,5,6)/b21-19-;. The zero-order valence-corrected chi connectivity index (χ0v) is 16.6. The van der Waals surface area contributed by atoms with Gasteiger partial charge >= 0.3 is 11.9 Å². The number of halogens is 1. The zero-order valence-electron chi connectivity index (χ0n) is 15.9. The van der Waals surface area contributed by atoms with Crippen LogP contribution in [0.15, 0.2) is 47.5 Å². The van der Waals surface area contributed by atoms with Gasteiger partial charge in [-0.3, -0.25) is 4.99 Å². The van der Waals surface area contributed by atoms with Crippen LogP contribution in [0.2, 0.25) is 5.02 Å². The van der Waals surface area contributed by atoms with Crippen molar-refractivity contribution >= 4 is 29.3 Å². The van der Waals surface area contributed by atoms with E-state index in [1.54, 1.807) is 0 Å². The first kappa shape index (κ1) is 21.6. The smallest absolute Gasteiger partial charge is 0.414 e. The number of nitrogens with zero attached hydrogens (tertiary/aromatic N) is 2. The molecule has 0 saturated heterocycles. The van der Waals surface area contributed by atoms with E-state index >= 15 is 0 Å². The number of carboxylic acids is 2. The van der Waals surface area contributed by atoms with Crippen LogP contribution in [-0.4, -0.2) is 59.9 Å². The molecule has 2 aromatic rings. The van der Waals surface area contributed by atoms with Gasteiger partial charge in [-0.05, 0) is 50.2 Å². The monoisotopic (exact) mass is 402 g/mol. The fraction of sp³-hybridized carbons (Fsp3) is 0.286. The van der Waals surface area contributed by atoms with Gasteiger partial charge in [0.1, 0.15) is 0 Å². The Labute approximate surface area is 169 Å². The third-order valence-electron chi connectivity index (χ3n) is 4.26. The molecule has 2 aromatic carbocycles.